The van der Waals surface area contributed by atoms with E-state index in [2.05, 4.69) is 10.1 Å². The standard InChI is InChI=1S/C12H9ClN4O2/c1-2-16-12-9(6-14-16)11(13)8-4-3-7(17(18)19)5-10(8)15-12/h3-6H,2H2,1H3. The van der Waals surface area contributed by atoms with Crippen LogP contribution >= 0.6 is 11.6 Å². The van der Waals surface area contributed by atoms with E-state index in [1.165, 1.54) is 12.1 Å². The van der Waals surface area contributed by atoms with Crippen molar-refractivity contribution in [1.29, 1.82) is 0 Å². The molecule has 0 radical (unpaired) electrons. The Morgan fingerprint density at radius 3 is 2.89 bits per heavy atom. The fraction of sp³-hybridized carbons (Fsp3) is 0.167. The number of nitro groups is 1. The summed E-state index contributed by atoms with van der Waals surface area (Å²) in [6.07, 6.45) is 1.66. The van der Waals surface area contributed by atoms with Crippen LogP contribution in [-0.2, 0) is 6.54 Å². The summed E-state index contributed by atoms with van der Waals surface area (Å²) in [6.45, 7) is 2.60. The maximum atomic E-state index is 10.8. The largest absolute Gasteiger partial charge is 0.271 e. The van der Waals surface area contributed by atoms with E-state index < -0.39 is 4.92 Å². The van der Waals surface area contributed by atoms with Crippen molar-refractivity contribution >= 4 is 39.2 Å². The zero-order valence-electron chi connectivity index (χ0n) is 10.00. The van der Waals surface area contributed by atoms with Crippen LogP contribution in [0, 0.1) is 10.1 Å². The summed E-state index contributed by atoms with van der Waals surface area (Å²) in [6, 6.07) is 4.46. The normalized spacial score (nSPS) is 11.3. The smallest absolute Gasteiger partial charge is 0.258 e. The first-order valence-electron chi connectivity index (χ1n) is 5.71. The molecule has 0 aliphatic heterocycles. The van der Waals surface area contributed by atoms with Crippen LogP contribution in [0.15, 0.2) is 24.4 Å². The maximum absolute atomic E-state index is 10.8. The van der Waals surface area contributed by atoms with Crippen molar-refractivity contribution in [1.82, 2.24) is 14.8 Å². The molecule has 3 aromatic rings. The number of pyridine rings is 1. The summed E-state index contributed by atoms with van der Waals surface area (Å²) in [7, 11) is 0. The number of aromatic nitrogens is 3. The quantitative estimate of drug-likeness (QED) is 0.532. The lowest BCUT2D eigenvalue weighted by atomic mass is 10.1. The molecule has 1 aromatic carbocycles. The molecule has 0 atom stereocenters. The highest BCUT2D eigenvalue weighted by atomic mass is 35.5. The van der Waals surface area contributed by atoms with Crippen LogP contribution in [0.5, 0.6) is 0 Å². The highest BCUT2D eigenvalue weighted by Crippen LogP contribution is 2.31. The molecule has 0 saturated heterocycles. The van der Waals surface area contributed by atoms with Gasteiger partial charge in [-0.05, 0) is 13.0 Å². The second-order valence-electron chi connectivity index (χ2n) is 4.08. The van der Waals surface area contributed by atoms with Gasteiger partial charge in [0.25, 0.3) is 5.69 Å². The van der Waals surface area contributed by atoms with E-state index in [1.807, 2.05) is 6.92 Å². The summed E-state index contributed by atoms with van der Waals surface area (Å²) in [5, 5.41) is 17.0. The van der Waals surface area contributed by atoms with Gasteiger partial charge in [-0.3, -0.25) is 10.1 Å². The van der Waals surface area contributed by atoms with E-state index in [9.17, 15) is 10.1 Å². The third-order valence-corrected chi connectivity index (χ3v) is 3.41. The summed E-state index contributed by atoms with van der Waals surface area (Å²) < 4.78 is 1.71. The highest BCUT2D eigenvalue weighted by Gasteiger charge is 2.14. The number of hydrogen-bond acceptors (Lipinski definition) is 4. The van der Waals surface area contributed by atoms with Crippen LogP contribution in [0.4, 0.5) is 5.69 Å². The Hall–Kier alpha value is -2.21. The van der Waals surface area contributed by atoms with Crippen LogP contribution in [0.2, 0.25) is 5.02 Å². The van der Waals surface area contributed by atoms with Gasteiger partial charge >= 0.3 is 0 Å². The second-order valence-corrected chi connectivity index (χ2v) is 4.46. The molecule has 0 aliphatic carbocycles. The SMILES string of the molecule is CCn1ncc2c(Cl)c3ccc([N+](=O)[O-])cc3nc21. The van der Waals surface area contributed by atoms with E-state index >= 15 is 0 Å². The molecule has 0 spiro atoms. The Bertz CT molecular complexity index is 812. The lowest BCUT2D eigenvalue weighted by Gasteiger charge is -2.03. The van der Waals surface area contributed by atoms with E-state index in [4.69, 9.17) is 11.6 Å². The van der Waals surface area contributed by atoms with Crippen LogP contribution < -0.4 is 0 Å². The molecule has 7 heteroatoms. The van der Waals surface area contributed by atoms with E-state index in [0.717, 1.165) is 5.39 Å². The average molecular weight is 277 g/mol. The van der Waals surface area contributed by atoms with E-state index in [-0.39, 0.29) is 5.69 Å². The average Bonchev–Trinajstić information content (AvgIpc) is 2.81. The Morgan fingerprint density at radius 2 is 2.21 bits per heavy atom. The summed E-state index contributed by atoms with van der Waals surface area (Å²) in [5.74, 6) is 0. The fourth-order valence-corrected chi connectivity index (χ4v) is 2.35. The van der Waals surface area contributed by atoms with Crippen molar-refractivity contribution in [2.75, 3.05) is 0 Å². The second kappa shape index (κ2) is 4.17. The molecule has 96 valence electrons. The molecule has 6 nitrogen and oxygen atoms in total. The first kappa shape index (κ1) is 11.9. The molecule has 0 aliphatic rings. The number of nitro benzene ring substituents is 1. The molecule has 0 fully saturated rings. The zero-order chi connectivity index (χ0) is 13.6. The lowest BCUT2D eigenvalue weighted by Crippen LogP contribution is -1.98. The van der Waals surface area contributed by atoms with Crippen LogP contribution in [0.25, 0.3) is 21.9 Å². The number of hydrogen-bond donors (Lipinski definition) is 0. The fourth-order valence-electron chi connectivity index (χ4n) is 2.05. The molecule has 0 N–H and O–H groups in total. The predicted molar refractivity (Wildman–Crippen MR) is 72.4 cm³/mol. The lowest BCUT2D eigenvalue weighted by molar-refractivity contribution is -0.384. The number of benzene rings is 1. The predicted octanol–water partition coefficient (Wildman–Crippen LogP) is 3.17. The minimum atomic E-state index is -0.448. The molecular weight excluding hydrogens is 268 g/mol. The number of halogens is 1. The Labute approximate surface area is 112 Å². The highest BCUT2D eigenvalue weighted by molar-refractivity contribution is 6.40. The van der Waals surface area contributed by atoms with Gasteiger partial charge in [0.05, 0.1) is 27.0 Å². The van der Waals surface area contributed by atoms with Gasteiger partial charge in [0.1, 0.15) is 0 Å². The number of non-ortho nitro benzene ring substituents is 1. The van der Waals surface area contributed by atoms with Crippen molar-refractivity contribution in [3.8, 4) is 0 Å². The van der Waals surface area contributed by atoms with Crippen molar-refractivity contribution in [3.63, 3.8) is 0 Å². The zero-order valence-corrected chi connectivity index (χ0v) is 10.8. The minimum absolute atomic E-state index is 0.00187. The van der Waals surface area contributed by atoms with Gasteiger partial charge in [-0.25, -0.2) is 9.67 Å². The summed E-state index contributed by atoms with van der Waals surface area (Å²) in [5.41, 5.74) is 1.14. The first-order chi connectivity index (χ1) is 9.11. The Balaban J connectivity index is 2.41. The van der Waals surface area contributed by atoms with Gasteiger partial charge < -0.3 is 0 Å². The van der Waals surface area contributed by atoms with Gasteiger partial charge in [0, 0.05) is 24.1 Å². The van der Waals surface area contributed by atoms with Gasteiger partial charge in [0.15, 0.2) is 5.65 Å². The van der Waals surface area contributed by atoms with Crippen LogP contribution in [0.1, 0.15) is 6.92 Å². The van der Waals surface area contributed by atoms with Crippen molar-refractivity contribution in [2.24, 2.45) is 0 Å². The van der Waals surface area contributed by atoms with Crippen LogP contribution in [0.3, 0.4) is 0 Å². The van der Waals surface area contributed by atoms with Gasteiger partial charge in [-0.2, -0.15) is 5.10 Å². The van der Waals surface area contributed by atoms with Crippen molar-refractivity contribution < 1.29 is 4.92 Å². The minimum Gasteiger partial charge on any atom is -0.258 e. The van der Waals surface area contributed by atoms with Gasteiger partial charge in [0.2, 0.25) is 0 Å². The summed E-state index contributed by atoms with van der Waals surface area (Å²) >= 11 is 6.31. The number of rotatable bonds is 2. The van der Waals surface area contributed by atoms with E-state index in [0.29, 0.717) is 28.1 Å². The van der Waals surface area contributed by atoms with Crippen LogP contribution in [-0.4, -0.2) is 19.7 Å². The third-order valence-electron chi connectivity index (χ3n) is 3.00. The molecular formula is C12H9ClN4O2. The topological polar surface area (TPSA) is 73.8 Å². The third kappa shape index (κ3) is 1.72. The molecule has 0 bridgehead atoms. The maximum Gasteiger partial charge on any atom is 0.271 e. The number of nitrogens with zero attached hydrogens (tertiary/aromatic N) is 4. The molecule has 3 rings (SSSR count). The van der Waals surface area contributed by atoms with Crippen molar-refractivity contribution in [2.45, 2.75) is 13.5 Å². The van der Waals surface area contributed by atoms with Gasteiger partial charge in [-0.15, -0.1) is 0 Å². The molecule has 2 aromatic heterocycles. The molecule has 2 heterocycles. The summed E-state index contributed by atoms with van der Waals surface area (Å²) in [4.78, 5) is 14.8. The molecule has 0 saturated carbocycles. The number of aryl methyl sites for hydroxylation is 1. The monoisotopic (exact) mass is 276 g/mol. The van der Waals surface area contributed by atoms with E-state index in [1.54, 1.807) is 16.9 Å². The Kier molecular flexibility index (Phi) is 2.60. The van der Waals surface area contributed by atoms with Crippen molar-refractivity contribution in [3.05, 3.63) is 39.5 Å². The first-order valence-corrected chi connectivity index (χ1v) is 6.08. The number of fused-ring (bicyclic) bond motifs is 2. The van der Waals surface area contributed by atoms with Gasteiger partial charge in [-0.1, -0.05) is 11.6 Å². The molecule has 19 heavy (non-hydrogen) atoms. The molecule has 0 unspecified atom stereocenters. The molecule has 0 amide bonds. The Morgan fingerprint density at radius 1 is 1.42 bits per heavy atom.